The zero-order valence-electron chi connectivity index (χ0n) is 28.1. The van der Waals surface area contributed by atoms with E-state index in [2.05, 4.69) is 146 Å². The second kappa shape index (κ2) is 33.5. The second-order valence-corrected chi connectivity index (χ2v) is 20.1. The summed E-state index contributed by atoms with van der Waals surface area (Å²) in [5.74, 6) is 3.08. The van der Waals surface area contributed by atoms with Crippen LogP contribution in [0, 0.1) is 51.4 Å². The summed E-state index contributed by atoms with van der Waals surface area (Å²) in [5.41, 5.74) is 3.47. The summed E-state index contributed by atoms with van der Waals surface area (Å²) >= 11 is 0. The molecule has 3 atom stereocenters. The van der Waals surface area contributed by atoms with E-state index >= 15 is 0 Å². The number of hydrogen-bond donors (Lipinski definition) is 0. The summed E-state index contributed by atoms with van der Waals surface area (Å²) in [6, 6.07) is 21.2. The fraction of sp³-hybridized carbons (Fsp3) is 0.343. The molecule has 0 aromatic heterocycles. The maximum Gasteiger partial charge on any atom is 0 e. The average Bonchev–Trinajstić information content (AvgIpc) is 3.11. The Hall–Kier alpha value is -2.98. The third-order valence-electron chi connectivity index (χ3n) is 5.91. The molecular weight excluding hydrogens is 754 g/mol. The number of esters is 1. The topological polar surface area (TPSA) is 164 Å². The molecule has 1 heterocycles. The third kappa shape index (κ3) is 21.0. The van der Waals surface area contributed by atoms with Gasteiger partial charge in [0.2, 0.25) is 0 Å². The van der Waals surface area contributed by atoms with E-state index in [0.717, 1.165) is 0 Å². The van der Waals surface area contributed by atoms with E-state index in [4.69, 9.17) is 41.8 Å². The van der Waals surface area contributed by atoms with Gasteiger partial charge < -0.3 is 13.9 Å². The first-order valence-electron chi connectivity index (χ1n) is 13.4. The maximum atomic E-state index is 11.4. The molecular formula is C35H38Co2O10Si2. The van der Waals surface area contributed by atoms with Gasteiger partial charge in [-0.05, 0) is 15.4 Å². The number of carbonyl (C=O) groups is 1. The Morgan fingerprint density at radius 1 is 0.755 bits per heavy atom. The molecule has 0 spiro atoms. The van der Waals surface area contributed by atoms with Gasteiger partial charge in [0.25, 0.3) is 8.32 Å². The van der Waals surface area contributed by atoms with Crippen molar-refractivity contribution < 1.29 is 80.2 Å². The molecule has 0 saturated carbocycles. The number of carbonyl (C=O) groups excluding carboxylic acids is 1. The minimum Gasteiger partial charge on any atom is 0 e. The van der Waals surface area contributed by atoms with Gasteiger partial charge in [0, 0.05) is 40.5 Å². The smallest absolute Gasteiger partial charge is 0 e. The van der Waals surface area contributed by atoms with Crippen LogP contribution in [0.2, 0.25) is 24.7 Å². The molecule has 10 nitrogen and oxygen atoms in total. The van der Waals surface area contributed by atoms with Gasteiger partial charge in [-0.25, -0.2) is 0 Å². The van der Waals surface area contributed by atoms with Crippen LogP contribution in [0.1, 0.15) is 27.7 Å². The van der Waals surface area contributed by atoms with Crippen LogP contribution in [0.4, 0.5) is 0 Å². The molecule has 0 bridgehead atoms. The normalized spacial score (nSPS) is 15.0. The van der Waals surface area contributed by atoms with Gasteiger partial charge in [0.1, 0.15) is 33.0 Å². The quantitative estimate of drug-likeness (QED) is 0.105. The van der Waals surface area contributed by atoms with Crippen LogP contribution in [-0.4, -0.2) is 47.3 Å². The first-order chi connectivity index (χ1) is 22.4. The Kier molecular flexibility index (Phi) is 39.8. The van der Waals surface area contributed by atoms with E-state index in [1.807, 2.05) is 18.2 Å². The number of rotatable bonds is 6. The van der Waals surface area contributed by atoms with Crippen LogP contribution in [0.3, 0.4) is 0 Å². The average molecular weight is 793 g/mol. The Labute approximate surface area is 313 Å². The summed E-state index contributed by atoms with van der Waals surface area (Å²) in [6.45, 7) is 42.0. The van der Waals surface area contributed by atoms with Crippen molar-refractivity contribution in [2.24, 2.45) is 0 Å². The van der Waals surface area contributed by atoms with Crippen molar-refractivity contribution in [2.75, 3.05) is 6.61 Å². The fourth-order valence-corrected chi connectivity index (χ4v) is 9.54. The predicted octanol–water partition coefficient (Wildman–Crippen LogP) is 4.47. The number of ether oxygens (including phenoxy) is 2. The maximum absolute atomic E-state index is 11.4. The van der Waals surface area contributed by atoms with Gasteiger partial charge in [-0.15, -0.1) is 5.54 Å². The molecule has 1 aliphatic heterocycles. The number of hydrogen-bond acceptors (Lipinski definition) is 4. The van der Waals surface area contributed by atoms with Crippen molar-refractivity contribution in [1.82, 2.24) is 0 Å². The molecule has 0 fully saturated rings. The summed E-state index contributed by atoms with van der Waals surface area (Å²) in [6.07, 6.45) is 2.85. The van der Waals surface area contributed by atoms with E-state index in [9.17, 15) is 4.79 Å². The van der Waals surface area contributed by atoms with Crippen LogP contribution >= 0.6 is 0 Å². The zero-order valence-corrected chi connectivity index (χ0v) is 32.2. The van der Waals surface area contributed by atoms with Gasteiger partial charge in [-0.1, -0.05) is 119 Å². The molecule has 1 aliphatic rings. The minimum absolute atomic E-state index is 0. The first kappa shape index (κ1) is 58.2. The van der Waals surface area contributed by atoms with Gasteiger partial charge >= 0.3 is 73.8 Å². The SMILES string of the molecule is CC(=O)OC[C@@H]1C=C[C@@H](O[Si](c2ccccc2)(c2ccccc2)C(C)(C)C)[C@@H](C#C[Si](C)(C)C)O1.[C-]#[O+].[C-]#[O+].[C-]#[O+].[C-]#[O+].[C-]#[O+].[C-]#[O+].[Co].[Co]. The molecule has 264 valence electrons. The molecule has 0 N–H and O–H groups in total. The monoisotopic (exact) mass is 792 g/mol. The molecule has 49 heavy (non-hydrogen) atoms. The largest absolute Gasteiger partial charge is 0 e. The molecule has 2 aromatic rings. The Morgan fingerprint density at radius 3 is 1.47 bits per heavy atom. The number of benzene rings is 2. The van der Waals surface area contributed by atoms with E-state index in [1.54, 1.807) is 0 Å². The van der Waals surface area contributed by atoms with Crippen LogP contribution in [0.25, 0.3) is 0 Å². The molecule has 0 saturated heterocycles. The molecule has 0 amide bonds. The van der Waals surface area contributed by atoms with Gasteiger partial charge in [-0.3, -0.25) is 4.79 Å². The molecule has 0 aliphatic carbocycles. The molecule has 2 aromatic carbocycles. The Morgan fingerprint density at radius 2 is 1.14 bits per heavy atom. The standard InChI is InChI=1S/C29H38O4Si2.6CO.2Co/c1-23(30)31-22-24-18-19-28(27(32-24)20-21-34(5,6)7)33-35(29(2,3)4,25-14-10-8-11-15-25)26-16-12-9-13-17-26;6*1-2;;/h8-19,24,27-28H,22H2,1-7H3;;;;;;;;/t24-,27+,28+;;;;;;;;/m0......../s1. The molecule has 3 rings (SSSR count). The Bertz CT molecular complexity index is 1280. The van der Waals surface area contributed by atoms with E-state index in [-0.39, 0.29) is 63.4 Å². The van der Waals surface area contributed by atoms with Crippen LogP contribution < -0.4 is 10.4 Å². The van der Waals surface area contributed by atoms with Crippen molar-refractivity contribution in [3.8, 4) is 11.5 Å². The predicted molar refractivity (Wildman–Crippen MR) is 172 cm³/mol. The molecule has 0 unspecified atom stereocenters. The van der Waals surface area contributed by atoms with Crippen molar-refractivity contribution >= 4 is 32.7 Å². The summed E-state index contributed by atoms with van der Waals surface area (Å²) in [7, 11) is -4.43. The summed E-state index contributed by atoms with van der Waals surface area (Å²) < 4.78 is 63.9. The fourth-order valence-electron chi connectivity index (χ4n) is 4.34. The molecule has 14 heteroatoms. The zero-order chi connectivity index (χ0) is 37.7. The summed E-state index contributed by atoms with van der Waals surface area (Å²) in [5, 5.41) is 2.27. The van der Waals surface area contributed by atoms with Crippen molar-refractivity contribution in [3.63, 3.8) is 0 Å². The first-order valence-corrected chi connectivity index (χ1v) is 18.8. The minimum atomic E-state index is -2.78. The van der Waals surface area contributed by atoms with Gasteiger partial charge in [-0.2, -0.15) is 0 Å². The van der Waals surface area contributed by atoms with Crippen molar-refractivity contribution in [1.29, 1.82) is 0 Å². The molecule has 2 radical (unpaired) electrons. The van der Waals surface area contributed by atoms with Crippen LogP contribution in [-0.2, 0) is 80.2 Å². The van der Waals surface area contributed by atoms with E-state index < -0.39 is 22.5 Å². The van der Waals surface area contributed by atoms with Crippen LogP contribution in [0.5, 0.6) is 0 Å². The van der Waals surface area contributed by atoms with E-state index in [0.29, 0.717) is 0 Å². The van der Waals surface area contributed by atoms with E-state index in [1.165, 1.54) is 17.3 Å². The van der Waals surface area contributed by atoms with Gasteiger partial charge in [0.15, 0.2) is 0 Å². The van der Waals surface area contributed by atoms with Crippen molar-refractivity contribution in [2.45, 2.75) is 70.7 Å². The van der Waals surface area contributed by atoms with Crippen molar-refractivity contribution in [3.05, 3.63) is 113 Å². The summed E-state index contributed by atoms with van der Waals surface area (Å²) in [4.78, 5) is 11.4. The third-order valence-corrected chi connectivity index (χ3v) is 11.8. The van der Waals surface area contributed by atoms with Crippen LogP contribution in [0.15, 0.2) is 72.8 Å². The second-order valence-electron chi connectivity index (χ2n) is 11.0. The van der Waals surface area contributed by atoms with Gasteiger partial charge in [0.05, 0.1) is 0 Å². The Balaban J connectivity index is -0.000000298.